The topological polar surface area (TPSA) is 69.0 Å². The van der Waals surface area contributed by atoms with Gasteiger partial charge in [-0.1, -0.05) is 28.1 Å². The molecule has 1 saturated heterocycles. The van der Waals surface area contributed by atoms with E-state index in [-0.39, 0.29) is 11.8 Å². The monoisotopic (exact) mass is 429 g/mol. The number of hydroxylamine groups is 1. The van der Waals surface area contributed by atoms with Gasteiger partial charge in [-0.25, -0.2) is 9.86 Å². The second kappa shape index (κ2) is 7.17. The first kappa shape index (κ1) is 17.8. The number of hydrogen-bond donors (Lipinski definition) is 0. The maximum atomic E-state index is 13.0. The molecule has 3 aromatic rings. The average Bonchev–Trinajstić information content (AvgIpc) is 3.13. The van der Waals surface area contributed by atoms with Crippen LogP contribution in [0.3, 0.4) is 0 Å². The van der Waals surface area contributed by atoms with Gasteiger partial charge in [0.2, 0.25) is 0 Å². The molecule has 2 unspecified atom stereocenters. The number of ether oxygens (including phenoxy) is 1. The minimum absolute atomic E-state index is 0.141. The number of hydrogen-bond acceptors (Lipinski definition) is 6. The molecule has 1 aliphatic heterocycles. The fourth-order valence-corrected chi connectivity index (χ4v) is 3.49. The molecule has 0 N–H and O–H groups in total. The number of rotatable bonds is 3. The first-order chi connectivity index (χ1) is 13.1. The van der Waals surface area contributed by atoms with Crippen LogP contribution in [0.1, 0.15) is 18.0 Å². The number of benzene rings is 2. The van der Waals surface area contributed by atoms with Crippen molar-refractivity contribution in [1.82, 2.24) is 0 Å². The van der Waals surface area contributed by atoms with Gasteiger partial charge >= 0.3 is 5.97 Å². The molecule has 27 heavy (non-hydrogen) atoms. The SMILES string of the molecule is COC(=O)C1CC(c2coc3ccccc3c2=O)N(c2ccc(Br)cc2)O1. The molecule has 2 heterocycles. The Morgan fingerprint density at radius 2 is 1.93 bits per heavy atom. The number of halogens is 1. The first-order valence-electron chi connectivity index (χ1n) is 8.38. The van der Waals surface area contributed by atoms with Gasteiger partial charge in [0.1, 0.15) is 11.8 Å². The van der Waals surface area contributed by atoms with E-state index in [2.05, 4.69) is 15.9 Å². The van der Waals surface area contributed by atoms with Gasteiger partial charge in [-0.3, -0.25) is 9.63 Å². The van der Waals surface area contributed by atoms with Gasteiger partial charge in [0.15, 0.2) is 11.5 Å². The van der Waals surface area contributed by atoms with E-state index in [1.54, 1.807) is 23.3 Å². The molecule has 0 bridgehead atoms. The molecular weight excluding hydrogens is 414 g/mol. The number of fused-ring (bicyclic) bond motifs is 1. The Morgan fingerprint density at radius 3 is 2.67 bits per heavy atom. The van der Waals surface area contributed by atoms with Crippen molar-refractivity contribution in [2.45, 2.75) is 18.6 Å². The quantitative estimate of drug-likeness (QED) is 0.586. The van der Waals surface area contributed by atoms with Crippen LogP contribution in [0.2, 0.25) is 0 Å². The predicted octanol–water partition coefficient (Wildman–Crippen LogP) is 3.98. The van der Waals surface area contributed by atoms with Gasteiger partial charge in [0, 0.05) is 10.9 Å². The van der Waals surface area contributed by atoms with E-state index in [0.717, 1.165) is 10.2 Å². The van der Waals surface area contributed by atoms with Crippen molar-refractivity contribution in [3.63, 3.8) is 0 Å². The molecule has 0 radical (unpaired) electrons. The third-order valence-corrected chi connectivity index (χ3v) is 5.10. The van der Waals surface area contributed by atoms with Crippen LogP contribution < -0.4 is 10.5 Å². The molecule has 138 valence electrons. The summed E-state index contributed by atoms with van der Waals surface area (Å²) in [5.41, 5.74) is 1.54. The minimum atomic E-state index is -0.797. The summed E-state index contributed by atoms with van der Waals surface area (Å²) >= 11 is 3.40. The van der Waals surface area contributed by atoms with Gasteiger partial charge < -0.3 is 9.15 Å². The molecule has 2 atom stereocenters. The van der Waals surface area contributed by atoms with Crippen molar-refractivity contribution in [2.24, 2.45) is 0 Å². The van der Waals surface area contributed by atoms with Crippen molar-refractivity contribution in [3.05, 3.63) is 75.1 Å². The largest absolute Gasteiger partial charge is 0.467 e. The molecule has 0 spiro atoms. The summed E-state index contributed by atoms with van der Waals surface area (Å²) < 4.78 is 11.4. The van der Waals surface area contributed by atoms with Gasteiger partial charge in [-0.05, 0) is 36.4 Å². The molecular formula is C20H16BrNO5. The zero-order chi connectivity index (χ0) is 19.0. The van der Waals surface area contributed by atoms with E-state index in [0.29, 0.717) is 16.5 Å². The van der Waals surface area contributed by atoms with Crippen molar-refractivity contribution in [2.75, 3.05) is 12.2 Å². The Balaban J connectivity index is 1.80. The van der Waals surface area contributed by atoms with Crippen LogP contribution in [0.15, 0.2) is 68.5 Å². The predicted molar refractivity (Wildman–Crippen MR) is 103 cm³/mol. The van der Waals surface area contributed by atoms with Crippen LogP contribution >= 0.6 is 15.9 Å². The van der Waals surface area contributed by atoms with E-state index in [4.69, 9.17) is 14.0 Å². The maximum absolute atomic E-state index is 13.0. The van der Waals surface area contributed by atoms with Crippen LogP contribution in [0.4, 0.5) is 5.69 Å². The van der Waals surface area contributed by atoms with Crippen LogP contribution in [-0.2, 0) is 14.4 Å². The fraction of sp³-hybridized carbons (Fsp3) is 0.200. The summed E-state index contributed by atoms with van der Waals surface area (Å²) in [4.78, 5) is 30.9. The summed E-state index contributed by atoms with van der Waals surface area (Å²) in [6, 6.07) is 14.0. The van der Waals surface area contributed by atoms with E-state index in [1.807, 2.05) is 30.3 Å². The second-order valence-corrected chi connectivity index (χ2v) is 7.10. The lowest BCUT2D eigenvalue weighted by molar-refractivity contribution is -0.151. The minimum Gasteiger partial charge on any atom is -0.467 e. The van der Waals surface area contributed by atoms with E-state index in [1.165, 1.54) is 13.4 Å². The third kappa shape index (κ3) is 3.24. The van der Waals surface area contributed by atoms with E-state index in [9.17, 15) is 9.59 Å². The lowest BCUT2D eigenvalue weighted by atomic mass is 10.0. The Bertz CT molecular complexity index is 1050. The maximum Gasteiger partial charge on any atom is 0.337 e. The Hall–Kier alpha value is -2.64. The van der Waals surface area contributed by atoms with E-state index < -0.39 is 18.1 Å². The molecule has 6 nitrogen and oxygen atoms in total. The van der Waals surface area contributed by atoms with Crippen molar-refractivity contribution >= 4 is 38.6 Å². The highest BCUT2D eigenvalue weighted by atomic mass is 79.9. The van der Waals surface area contributed by atoms with Crippen LogP contribution in [0, 0.1) is 0 Å². The number of esters is 1. The summed E-state index contributed by atoms with van der Waals surface area (Å²) in [6.07, 6.45) is 0.935. The lowest BCUT2D eigenvalue weighted by Gasteiger charge is -2.24. The summed E-state index contributed by atoms with van der Waals surface area (Å²) in [6.45, 7) is 0. The van der Waals surface area contributed by atoms with Gasteiger partial charge in [-0.15, -0.1) is 0 Å². The smallest absolute Gasteiger partial charge is 0.337 e. The lowest BCUT2D eigenvalue weighted by Crippen LogP contribution is -2.27. The Labute approximate surface area is 163 Å². The van der Waals surface area contributed by atoms with Gasteiger partial charge in [0.25, 0.3) is 0 Å². The van der Waals surface area contributed by atoms with Gasteiger partial charge in [-0.2, -0.15) is 0 Å². The number of carbonyl (C=O) groups excluding carboxylic acids is 1. The van der Waals surface area contributed by atoms with E-state index >= 15 is 0 Å². The first-order valence-corrected chi connectivity index (χ1v) is 9.17. The average molecular weight is 430 g/mol. The third-order valence-electron chi connectivity index (χ3n) is 4.57. The number of methoxy groups -OCH3 is 1. The van der Waals surface area contributed by atoms with Crippen LogP contribution in [0.25, 0.3) is 11.0 Å². The van der Waals surface area contributed by atoms with Crippen LogP contribution in [0.5, 0.6) is 0 Å². The standard InChI is InChI=1S/C20H16BrNO5/c1-25-20(24)18-10-16(22(27-18)13-8-6-12(21)7-9-13)15-11-26-17-5-3-2-4-14(17)19(15)23/h2-9,11,16,18H,10H2,1H3. The molecule has 7 heteroatoms. The number of carbonyl (C=O) groups is 1. The number of para-hydroxylation sites is 1. The van der Waals surface area contributed by atoms with Crippen molar-refractivity contribution in [3.8, 4) is 0 Å². The zero-order valence-corrected chi connectivity index (χ0v) is 16.0. The van der Waals surface area contributed by atoms with Crippen LogP contribution in [-0.4, -0.2) is 19.2 Å². The molecule has 0 saturated carbocycles. The summed E-state index contributed by atoms with van der Waals surface area (Å²) in [5, 5.41) is 2.07. The summed E-state index contributed by atoms with van der Waals surface area (Å²) in [7, 11) is 1.31. The molecule has 4 rings (SSSR count). The summed E-state index contributed by atoms with van der Waals surface area (Å²) in [5.74, 6) is -0.482. The molecule has 1 aromatic heterocycles. The zero-order valence-electron chi connectivity index (χ0n) is 14.4. The van der Waals surface area contributed by atoms with Crippen molar-refractivity contribution in [1.29, 1.82) is 0 Å². The molecule has 0 aliphatic carbocycles. The highest BCUT2D eigenvalue weighted by Crippen LogP contribution is 2.38. The highest BCUT2D eigenvalue weighted by Gasteiger charge is 2.41. The number of anilines is 1. The normalized spacial score (nSPS) is 19.4. The molecule has 1 fully saturated rings. The molecule has 0 amide bonds. The number of nitrogens with zero attached hydrogens (tertiary/aromatic N) is 1. The second-order valence-electron chi connectivity index (χ2n) is 6.19. The Morgan fingerprint density at radius 1 is 1.19 bits per heavy atom. The fourth-order valence-electron chi connectivity index (χ4n) is 3.23. The molecule has 2 aromatic carbocycles. The Kier molecular flexibility index (Phi) is 4.72. The highest BCUT2D eigenvalue weighted by molar-refractivity contribution is 9.10. The van der Waals surface area contributed by atoms with Crippen molar-refractivity contribution < 1.29 is 18.8 Å². The molecule has 1 aliphatic rings. The van der Waals surface area contributed by atoms with Gasteiger partial charge in [0.05, 0.1) is 29.8 Å².